The number of aliphatic hydroxyl groups excluding tert-OH is 1. The lowest BCUT2D eigenvalue weighted by atomic mass is 10.2. The first-order valence-electron chi connectivity index (χ1n) is 4.30. The zero-order valence-corrected chi connectivity index (χ0v) is 8.84. The van der Waals surface area contributed by atoms with Crippen molar-refractivity contribution in [2.45, 2.75) is 13.5 Å². The SMILES string of the molecule is C=C(C)COc1cccc(Cl)c1CO. The highest BCUT2D eigenvalue weighted by atomic mass is 35.5. The lowest BCUT2D eigenvalue weighted by Crippen LogP contribution is -2.01. The molecule has 0 aliphatic heterocycles. The molecule has 3 heteroatoms. The maximum atomic E-state index is 9.08. The van der Waals surface area contributed by atoms with Gasteiger partial charge in [0.1, 0.15) is 12.4 Å². The van der Waals surface area contributed by atoms with Gasteiger partial charge in [0.15, 0.2) is 0 Å². The molecule has 76 valence electrons. The molecular formula is C11H13ClO2. The van der Waals surface area contributed by atoms with E-state index in [-0.39, 0.29) is 6.61 Å². The first-order valence-corrected chi connectivity index (χ1v) is 4.68. The van der Waals surface area contributed by atoms with E-state index in [0.717, 1.165) is 5.57 Å². The van der Waals surface area contributed by atoms with Crippen molar-refractivity contribution < 1.29 is 9.84 Å². The summed E-state index contributed by atoms with van der Waals surface area (Å²) in [6, 6.07) is 5.29. The van der Waals surface area contributed by atoms with Crippen LogP contribution in [0.5, 0.6) is 5.75 Å². The summed E-state index contributed by atoms with van der Waals surface area (Å²) in [6.45, 7) is 5.92. The Bertz CT molecular complexity index is 334. The minimum Gasteiger partial charge on any atom is -0.489 e. The van der Waals surface area contributed by atoms with Crippen molar-refractivity contribution in [3.8, 4) is 5.75 Å². The molecule has 1 aromatic rings. The molecule has 1 N–H and O–H groups in total. The number of hydrogen-bond acceptors (Lipinski definition) is 2. The Kier molecular flexibility index (Phi) is 3.98. The van der Waals surface area contributed by atoms with Gasteiger partial charge < -0.3 is 9.84 Å². The summed E-state index contributed by atoms with van der Waals surface area (Å²) in [7, 11) is 0. The molecule has 0 atom stereocenters. The molecule has 0 saturated heterocycles. The predicted octanol–water partition coefficient (Wildman–Crippen LogP) is 2.79. The van der Waals surface area contributed by atoms with Crippen molar-refractivity contribution in [2.24, 2.45) is 0 Å². The molecule has 1 aromatic carbocycles. The van der Waals surface area contributed by atoms with E-state index < -0.39 is 0 Å². The highest BCUT2D eigenvalue weighted by Gasteiger charge is 2.06. The summed E-state index contributed by atoms with van der Waals surface area (Å²) >= 11 is 5.88. The molecule has 0 spiro atoms. The average molecular weight is 213 g/mol. The van der Waals surface area contributed by atoms with Crippen molar-refractivity contribution in [1.29, 1.82) is 0 Å². The quantitative estimate of drug-likeness (QED) is 0.778. The van der Waals surface area contributed by atoms with E-state index in [9.17, 15) is 0 Å². The predicted molar refractivity (Wildman–Crippen MR) is 57.7 cm³/mol. The van der Waals surface area contributed by atoms with Crippen molar-refractivity contribution in [3.05, 3.63) is 40.9 Å². The van der Waals surface area contributed by atoms with E-state index in [1.807, 2.05) is 6.92 Å². The van der Waals surface area contributed by atoms with Crippen LogP contribution in [0.4, 0.5) is 0 Å². The Morgan fingerprint density at radius 2 is 2.29 bits per heavy atom. The molecule has 0 aromatic heterocycles. The molecular weight excluding hydrogens is 200 g/mol. The second-order valence-corrected chi connectivity index (χ2v) is 3.53. The Balaban J connectivity index is 2.85. The summed E-state index contributed by atoms with van der Waals surface area (Å²) < 4.78 is 5.43. The van der Waals surface area contributed by atoms with E-state index in [4.69, 9.17) is 21.4 Å². The monoisotopic (exact) mass is 212 g/mol. The van der Waals surface area contributed by atoms with Crippen molar-refractivity contribution in [3.63, 3.8) is 0 Å². The number of hydrogen-bond donors (Lipinski definition) is 1. The Hall–Kier alpha value is -0.990. The average Bonchev–Trinajstić information content (AvgIpc) is 2.14. The first kappa shape index (κ1) is 11.1. The molecule has 0 bridgehead atoms. The highest BCUT2D eigenvalue weighted by molar-refractivity contribution is 6.31. The van der Waals surface area contributed by atoms with Gasteiger partial charge in [0.2, 0.25) is 0 Å². The van der Waals surface area contributed by atoms with Gasteiger partial charge in [0.05, 0.1) is 6.61 Å². The van der Waals surface area contributed by atoms with Crippen LogP contribution in [0.1, 0.15) is 12.5 Å². The van der Waals surface area contributed by atoms with Crippen LogP contribution in [0.25, 0.3) is 0 Å². The third kappa shape index (κ3) is 2.76. The topological polar surface area (TPSA) is 29.5 Å². The summed E-state index contributed by atoms with van der Waals surface area (Å²) in [5.74, 6) is 0.614. The Labute approximate surface area is 88.8 Å². The van der Waals surface area contributed by atoms with Crippen LogP contribution in [0.2, 0.25) is 5.02 Å². The summed E-state index contributed by atoms with van der Waals surface area (Å²) in [5, 5.41) is 9.60. The number of rotatable bonds is 4. The fourth-order valence-electron chi connectivity index (χ4n) is 1.03. The van der Waals surface area contributed by atoms with Gasteiger partial charge in [-0.05, 0) is 24.6 Å². The van der Waals surface area contributed by atoms with Crippen molar-refractivity contribution >= 4 is 11.6 Å². The minimum absolute atomic E-state index is 0.120. The van der Waals surface area contributed by atoms with E-state index >= 15 is 0 Å². The maximum Gasteiger partial charge on any atom is 0.126 e. The van der Waals surface area contributed by atoms with Crippen LogP contribution < -0.4 is 4.74 Å². The normalized spacial score (nSPS) is 9.93. The first-order chi connectivity index (χ1) is 6.65. The van der Waals surface area contributed by atoms with Gasteiger partial charge >= 0.3 is 0 Å². The third-order valence-corrected chi connectivity index (χ3v) is 2.06. The van der Waals surface area contributed by atoms with Crippen LogP contribution in [0, 0.1) is 0 Å². The van der Waals surface area contributed by atoms with Gasteiger partial charge in [0.25, 0.3) is 0 Å². The summed E-state index contributed by atoms with van der Waals surface area (Å²) in [5.41, 5.74) is 1.55. The fourth-order valence-corrected chi connectivity index (χ4v) is 1.25. The molecule has 0 heterocycles. The molecule has 0 fully saturated rings. The lowest BCUT2D eigenvalue weighted by Gasteiger charge is -2.10. The molecule has 0 aliphatic carbocycles. The molecule has 1 rings (SSSR count). The van der Waals surface area contributed by atoms with Gasteiger partial charge in [-0.25, -0.2) is 0 Å². The highest BCUT2D eigenvalue weighted by Crippen LogP contribution is 2.26. The van der Waals surface area contributed by atoms with Crippen molar-refractivity contribution in [2.75, 3.05) is 6.61 Å². The smallest absolute Gasteiger partial charge is 0.126 e. The van der Waals surface area contributed by atoms with Gasteiger partial charge in [-0.1, -0.05) is 24.2 Å². The molecule has 0 radical (unpaired) electrons. The zero-order chi connectivity index (χ0) is 10.6. The lowest BCUT2D eigenvalue weighted by molar-refractivity contribution is 0.269. The van der Waals surface area contributed by atoms with Crippen LogP contribution >= 0.6 is 11.6 Å². The van der Waals surface area contributed by atoms with Crippen LogP contribution in [0.3, 0.4) is 0 Å². The second kappa shape index (κ2) is 5.03. The van der Waals surface area contributed by atoms with Gasteiger partial charge in [-0.2, -0.15) is 0 Å². The largest absolute Gasteiger partial charge is 0.489 e. The zero-order valence-electron chi connectivity index (χ0n) is 8.09. The Morgan fingerprint density at radius 3 is 2.86 bits per heavy atom. The molecule has 0 aliphatic rings. The van der Waals surface area contributed by atoms with E-state index in [1.165, 1.54) is 0 Å². The number of ether oxygens (including phenoxy) is 1. The van der Waals surface area contributed by atoms with Crippen molar-refractivity contribution in [1.82, 2.24) is 0 Å². The maximum absolute atomic E-state index is 9.08. The Morgan fingerprint density at radius 1 is 1.57 bits per heavy atom. The summed E-state index contributed by atoms with van der Waals surface area (Å²) in [6.07, 6.45) is 0. The van der Waals surface area contributed by atoms with Gasteiger partial charge in [-0.15, -0.1) is 0 Å². The minimum atomic E-state index is -0.120. The second-order valence-electron chi connectivity index (χ2n) is 3.12. The molecule has 0 unspecified atom stereocenters. The third-order valence-electron chi connectivity index (χ3n) is 1.71. The van der Waals surface area contributed by atoms with E-state index in [2.05, 4.69) is 6.58 Å². The van der Waals surface area contributed by atoms with E-state index in [1.54, 1.807) is 18.2 Å². The molecule has 2 nitrogen and oxygen atoms in total. The van der Waals surface area contributed by atoms with Crippen LogP contribution in [-0.4, -0.2) is 11.7 Å². The molecule has 14 heavy (non-hydrogen) atoms. The standard InChI is InChI=1S/C11H13ClO2/c1-8(2)7-14-11-5-3-4-10(12)9(11)6-13/h3-5,13H,1,6-7H2,2H3. The van der Waals surface area contributed by atoms with Crippen LogP contribution in [0.15, 0.2) is 30.4 Å². The van der Waals surface area contributed by atoms with E-state index in [0.29, 0.717) is 22.9 Å². The van der Waals surface area contributed by atoms with Gasteiger partial charge in [0, 0.05) is 10.6 Å². The number of aliphatic hydroxyl groups is 1. The number of halogens is 1. The van der Waals surface area contributed by atoms with Crippen LogP contribution in [-0.2, 0) is 6.61 Å². The molecule has 0 amide bonds. The fraction of sp³-hybridized carbons (Fsp3) is 0.273. The summed E-state index contributed by atoms with van der Waals surface area (Å²) in [4.78, 5) is 0. The molecule has 0 saturated carbocycles. The van der Waals surface area contributed by atoms with Gasteiger partial charge in [-0.3, -0.25) is 0 Å². The number of benzene rings is 1.